The first-order chi connectivity index (χ1) is 7.45. The Hall–Kier alpha value is -1.59. The molecule has 1 aliphatic heterocycles. The van der Waals surface area contributed by atoms with Crippen LogP contribution in [0.15, 0.2) is 0 Å². The van der Waals surface area contributed by atoms with E-state index in [4.69, 9.17) is 5.11 Å². The fraction of sp³-hybridized carbons (Fsp3) is 0.700. The maximum absolute atomic E-state index is 11.6. The van der Waals surface area contributed by atoms with Crippen molar-refractivity contribution in [2.24, 2.45) is 5.92 Å². The van der Waals surface area contributed by atoms with E-state index < -0.39 is 17.9 Å². The van der Waals surface area contributed by atoms with E-state index in [1.165, 1.54) is 12.0 Å². The summed E-state index contributed by atoms with van der Waals surface area (Å²) < 4.78 is 4.56. The number of ether oxygens (including phenoxy) is 1. The third-order valence-electron chi connectivity index (χ3n) is 2.70. The number of aliphatic carboxylic acids is 1. The van der Waals surface area contributed by atoms with Crippen LogP contribution in [0.2, 0.25) is 0 Å². The summed E-state index contributed by atoms with van der Waals surface area (Å²) in [5.74, 6) is -2.03. The molecule has 1 N–H and O–H groups in total. The normalized spacial score (nSPS) is 22.0. The maximum Gasteiger partial charge on any atom is 0.310 e. The van der Waals surface area contributed by atoms with E-state index in [0.29, 0.717) is 0 Å². The predicted octanol–water partition coefficient (Wildman–Crippen LogP) is -0.129. The number of likely N-dealkylation sites (tertiary alicyclic amines) is 1. The van der Waals surface area contributed by atoms with Crippen LogP contribution in [0.1, 0.15) is 19.8 Å². The summed E-state index contributed by atoms with van der Waals surface area (Å²) in [5, 5.41) is 8.62. The second kappa shape index (κ2) is 4.96. The van der Waals surface area contributed by atoms with Crippen LogP contribution < -0.4 is 0 Å². The van der Waals surface area contributed by atoms with Gasteiger partial charge in [0.15, 0.2) is 0 Å². The number of methoxy groups -OCH3 is 1. The number of hydrogen-bond donors (Lipinski definition) is 1. The van der Waals surface area contributed by atoms with Crippen LogP contribution >= 0.6 is 0 Å². The van der Waals surface area contributed by atoms with E-state index in [1.807, 2.05) is 0 Å². The zero-order valence-electron chi connectivity index (χ0n) is 9.30. The lowest BCUT2D eigenvalue weighted by molar-refractivity contribution is -0.145. The number of amides is 1. The molecule has 1 amide bonds. The van der Waals surface area contributed by atoms with E-state index >= 15 is 0 Å². The number of carboxylic acid groups (broad SMARTS) is 1. The van der Waals surface area contributed by atoms with Crippen molar-refractivity contribution >= 4 is 17.8 Å². The second-order valence-electron chi connectivity index (χ2n) is 3.92. The summed E-state index contributed by atoms with van der Waals surface area (Å²) in [7, 11) is 1.27. The standard InChI is InChI=1S/C10H15NO5/c1-6(3-9(13)14)11-5-7(4-8(11)12)10(15)16-2/h6-7H,3-5H2,1-2H3,(H,13,14). The highest BCUT2D eigenvalue weighted by Gasteiger charge is 2.37. The average Bonchev–Trinajstić information content (AvgIpc) is 2.58. The molecule has 6 heteroatoms. The van der Waals surface area contributed by atoms with E-state index in [1.54, 1.807) is 6.92 Å². The molecule has 6 nitrogen and oxygen atoms in total. The quantitative estimate of drug-likeness (QED) is 0.679. The van der Waals surface area contributed by atoms with Crippen molar-refractivity contribution in [1.29, 1.82) is 0 Å². The molecule has 1 saturated heterocycles. The van der Waals surface area contributed by atoms with E-state index in [2.05, 4.69) is 4.74 Å². The number of nitrogens with zero attached hydrogens (tertiary/aromatic N) is 1. The summed E-state index contributed by atoms with van der Waals surface area (Å²) in [6, 6.07) is -0.389. The SMILES string of the molecule is COC(=O)C1CC(=O)N(C(C)CC(=O)O)C1. The molecule has 16 heavy (non-hydrogen) atoms. The van der Waals surface area contributed by atoms with Crippen molar-refractivity contribution in [2.75, 3.05) is 13.7 Å². The van der Waals surface area contributed by atoms with Crippen molar-refractivity contribution in [2.45, 2.75) is 25.8 Å². The van der Waals surface area contributed by atoms with Gasteiger partial charge in [0.25, 0.3) is 0 Å². The second-order valence-corrected chi connectivity index (χ2v) is 3.92. The molecular weight excluding hydrogens is 214 g/mol. The van der Waals surface area contributed by atoms with Gasteiger partial charge in [0.05, 0.1) is 19.4 Å². The molecule has 90 valence electrons. The molecule has 0 aliphatic carbocycles. The number of rotatable bonds is 4. The van der Waals surface area contributed by atoms with Gasteiger partial charge in [-0.3, -0.25) is 14.4 Å². The maximum atomic E-state index is 11.6. The lowest BCUT2D eigenvalue weighted by Gasteiger charge is -2.22. The lowest BCUT2D eigenvalue weighted by atomic mass is 10.1. The van der Waals surface area contributed by atoms with Crippen LogP contribution in [-0.2, 0) is 19.1 Å². The zero-order chi connectivity index (χ0) is 12.3. The highest BCUT2D eigenvalue weighted by Crippen LogP contribution is 2.22. The van der Waals surface area contributed by atoms with Gasteiger partial charge < -0.3 is 14.7 Å². The molecule has 0 aromatic rings. The number of hydrogen-bond acceptors (Lipinski definition) is 4. The minimum atomic E-state index is -0.957. The molecule has 1 fully saturated rings. The highest BCUT2D eigenvalue weighted by atomic mass is 16.5. The summed E-state index contributed by atoms with van der Waals surface area (Å²) in [4.78, 5) is 34.7. The zero-order valence-corrected chi connectivity index (χ0v) is 9.30. The van der Waals surface area contributed by atoms with Gasteiger partial charge in [-0.2, -0.15) is 0 Å². The minimum Gasteiger partial charge on any atom is -0.481 e. The topological polar surface area (TPSA) is 83.9 Å². The Morgan fingerprint density at radius 3 is 2.75 bits per heavy atom. The summed E-state index contributed by atoms with van der Waals surface area (Å²) in [6.07, 6.45) is -0.00371. The fourth-order valence-electron chi connectivity index (χ4n) is 1.85. The molecule has 0 spiro atoms. The molecule has 0 radical (unpaired) electrons. The molecule has 0 aromatic heterocycles. The van der Waals surface area contributed by atoms with Gasteiger partial charge in [0.2, 0.25) is 5.91 Å². The number of carboxylic acids is 1. The third-order valence-corrected chi connectivity index (χ3v) is 2.70. The fourth-order valence-corrected chi connectivity index (χ4v) is 1.85. The van der Waals surface area contributed by atoms with Gasteiger partial charge in [-0.05, 0) is 6.92 Å². The largest absolute Gasteiger partial charge is 0.481 e. The van der Waals surface area contributed by atoms with Gasteiger partial charge in [0, 0.05) is 19.0 Å². The Kier molecular flexibility index (Phi) is 3.87. The third kappa shape index (κ3) is 2.71. The molecule has 2 unspecified atom stereocenters. The molecule has 1 heterocycles. The van der Waals surface area contributed by atoms with Gasteiger partial charge in [-0.1, -0.05) is 0 Å². The van der Waals surface area contributed by atoms with Gasteiger partial charge in [-0.15, -0.1) is 0 Å². The van der Waals surface area contributed by atoms with Crippen molar-refractivity contribution < 1.29 is 24.2 Å². The van der Waals surface area contributed by atoms with Crippen LogP contribution in [-0.4, -0.2) is 47.5 Å². The average molecular weight is 229 g/mol. The monoisotopic (exact) mass is 229 g/mol. The van der Waals surface area contributed by atoms with Crippen molar-refractivity contribution in [3.05, 3.63) is 0 Å². The van der Waals surface area contributed by atoms with E-state index in [0.717, 1.165) is 0 Å². The van der Waals surface area contributed by atoms with Crippen LogP contribution in [0.4, 0.5) is 0 Å². The van der Waals surface area contributed by atoms with E-state index in [9.17, 15) is 14.4 Å². The molecule has 1 rings (SSSR count). The van der Waals surface area contributed by atoms with Crippen molar-refractivity contribution in [1.82, 2.24) is 4.90 Å². The Morgan fingerprint density at radius 1 is 1.62 bits per heavy atom. The predicted molar refractivity (Wildman–Crippen MR) is 53.6 cm³/mol. The lowest BCUT2D eigenvalue weighted by Crippen LogP contribution is -2.36. The Balaban J connectivity index is 2.60. The van der Waals surface area contributed by atoms with E-state index in [-0.39, 0.29) is 31.3 Å². The first kappa shape index (κ1) is 12.5. The summed E-state index contributed by atoms with van der Waals surface area (Å²) >= 11 is 0. The van der Waals surface area contributed by atoms with Crippen LogP contribution in [0.25, 0.3) is 0 Å². The van der Waals surface area contributed by atoms with Gasteiger partial charge >= 0.3 is 11.9 Å². The molecule has 0 saturated carbocycles. The Labute approximate surface area is 93.2 Å². The smallest absolute Gasteiger partial charge is 0.310 e. The Bertz CT molecular complexity index is 314. The molecule has 2 atom stereocenters. The number of carbonyl (C=O) groups excluding carboxylic acids is 2. The van der Waals surface area contributed by atoms with Crippen LogP contribution in [0.3, 0.4) is 0 Å². The first-order valence-electron chi connectivity index (χ1n) is 5.04. The first-order valence-corrected chi connectivity index (χ1v) is 5.04. The van der Waals surface area contributed by atoms with Crippen molar-refractivity contribution in [3.63, 3.8) is 0 Å². The molecule has 0 aromatic carbocycles. The Morgan fingerprint density at radius 2 is 2.25 bits per heavy atom. The molecule has 0 bridgehead atoms. The minimum absolute atomic E-state index is 0.108. The summed E-state index contributed by atoms with van der Waals surface area (Å²) in [5.41, 5.74) is 0. The van der Waals surface area contributed by atoms with Crippen LogP contribution in [0, 0.1) is 5.92 Å². The number of carbonyl (C=O) groups is 3. The van der Waals surface area contributed by atoms with Gasteiger partial charge in [-0.25, -0.2) is 0 Å². The highest BCUT2D eigenvalue weighted by molar-refractivity contribution is 5.87. The molecular formula is C10H15NO5. The van der Waals surface area contributed by atoms with Gasteiger partial charge in [0.1, 0.15) is 0 Å². The number of esters is 1. The van der Waals surface area contributed by atoms with Crippen molar-refractivity contribution in [3.8, 4) is 0 Å². The van der Waals surface area contributed by atoms with Crippen LogP contribution in [0.5, 0.6) is 0 Å². The molecule has 1 aliphatic rings. The summed E-state index contributed by atoms with van der Waals surface area (Å²) in [6.45, 7) is 1.91.